The molecule has 39 heavy (non-hydrogen) atoms. The van der Waals surface area contributed by atoms with Gasteiger partial charge in [0.15, 0.2) is 0 Å². The van der Waals surface area contributed by atoms with Crippen molar-refractivity contribution in [2.75, 3.05) is 29.6 Å². The molecular weight excluding hydrogens is 629 g/mol. The zero-order chi connectivity index (χ0) is 28.3. The average Bonchev–Trinajstić information content (AvgIpc) is 3.32. The molecule has 18 heteroatoms. The van der Waals surface area contributed by atoms with Crippen molar-refractivity contribution in [1.82, 2.24) is 24.6 Å². The van der Waals surface area contributed by atoms with E-state index in [1.54, 1.807) is 17.6 Å². The van der Waals surface area contributed by atoms with Gasteiger partial charge >= 0.3 is 175 Å². The Morgan fingerprint density at radius 2 is 2.23 bits per heavy atom. The Hall–Kier alpha value is -3.14. The van der Waals surface area contributed by atoms with E-state index in [0.717, 1.165) is 16.4 Å². The molecule has 2 amide bonds. The Balaban J connectivity index is 1.52. The van der Waals surface area contributed by atoms with Gasteiger partial charge in [0, 0.05) is 0 Å². The van der Waals surface area contributed by atoms with Crippen molar-refractivity contribution in [1.29, 1.82) is 0 Å². The zero-order valence-corrected chi connectivity index (χ0v) is 24.7. The van der Waals surface area contributed by atoms with Crippen LogP contribution in [-0.2, 0) is 25.8 Å². The average molecular weight is 652 g/mol. The Kier molecular flexibility index (Phi) is 9.15. The zero-order valence-electron chi connectivity index (χ0n) is 20.4. The molecule has 0 aromatic carbocycles. The molecule has 1 saturated heterocycles. The van der Waals surface area contributed by atoms with E-state index in [1.807, 2.05) is 0 Å². The van der Waals surface area contributed by atoms with Crippen LogP contribution in [0.4, 0.5) is 11.6 Å². The molecule has 14 nitrogen and oxygen atoms in total. The molecule has 1 fully saturated rings. The number of hydrogen-bond acceptors (Lipinski definition) is 14. The fourth-order valence-corrected chi connectivity index (χ4v) is 7.14. The maximum absolute atomic E-state index is 13.1. The molecule has 5 N–H and O–H groups in total. The van der Waals surface area contributed by atoms with Gasteiger partial charge in [-0.2, -0.15) is 0 Å². The minimum atomic E-state index is -1.49. The molecule has 204 valence electrons. The molecule has 0 bridgehead atoms. The van der Waals surface area contributed by atoms with Crippen LogP contribution in [0.1, 0.15) is 12.7 Å². The number of oxime groups is 1. The molecule has 2 aromatic heterocycles. The molecular formula is C21H22AsN9O5S3. The minimum absolute atomic E-state index is 0.0561. The number of nitrogens with two attached hydrogens (primary N) is 2. The molecule has 2 aliphatic rings. The second kappa shape index (κ2) is 12.4. The van der Waals surface area contributed by atoms with Gasteiger partial charge in [-0.25, -0.2) is 4.57 Å². The van der Waals surface area contributed by atoms with Gasteiger partial charge in [0.05, 0.1) is 12.6 Å². The van der Waals surface area contributed by atoms with Crippen LogP contribution in [0.3, 0.4) is 0 Å². The molecule has 0 saturated carbocycles. The summed E-state index contributed by atoms with van der Waals surface area (Å²) in [5.74, 6) is -1.69. The van der Waals surface area contributed by atoms with Gasteiger partial charge in [0.1, 0.15) is 0 Å². The second-order valence-corrected chi connectivity index (χ2v) is 12.3. The third-order valence-corrected chi connectivity index (χ3v) is 9.05. The number of anilines is 2. The van der Waals surface area contributed by atoms with Gasteiger partial charge in [-0.1, -0.05) is 17.6 Å². The number of nitrogens with one attached hydrogen (secondary N) is 1. The number of carbonyl (C=O) groups excluding carboxylic acids is 3. The van der Waals surface area contributed by atoms with E-state index in [0.29, 0.717) is 26.9 Å². The number of thioether (sulfide) groups is 2. The number of nitrogens with zero attached hydrogens (tertiary/aromatic N) is 6. The number of rotatable bonds is 11. The predicted molar refractivity (Wildman–Crippen MR) is 145 cm³/mol. The molecule has 2 atom stereocenters. The van der Waals surface area contributed by atoms with Gasteiger partial charge in [0.2, 0.25) is 11.6 Å². The van der Waals surface area contributed by atoms with Crippen LogP contribution in [0.15, 0.2) is 40.3 Å². The van der Waals surface area contributed by atoms with Crippen LogP contribution in [0.25, 0.3) is 0 Å². The monoisotopic (exact) mass is 651 g/mol. The molecule has 2 aliphatic heterocycles. The van der Waals surface area contributed by atoms with E-state index >= 15 is 0 Å². The molecule has 0 spiro atoms. The number of fused-ring (bicyclic) bond motifs is 1. The number of amides is 2. The fourth-order valence-electron chi connectivity index (χ4n) is 3.73. The van der Waals surface area contributed by atoms with Crippen molar-refractivity contribution < 1.29 is 28.9 Å². The first-order valence-electron chi connectivity index (χ1n) is 11.3. The van der Waals surface area contributed by atoms with E-state index in [1.165, 1.54) is 29.6 Å². The molecule has 1 unspecified atom stereocenters. The van der Waals surface area contributed by atoms with Gasteiger partial charge in [-0.05, 0) is 11.8 Å². The fraction of sp³-hybridized carbons (Fsp3) is 0.333. The summed E-state index contributed by atoms with van der Waals surface area (Å²) in [4.78, 5) is 52.8. The molecule has 2 aromatic rings. The summed E-state index contributed by atoms with van der Waals surface area (Å²) in [6.45, 7) is 5.99. The molecule has 0 aliphatic carbocycles. The normalized spacial score (nSPS) is 18.9. The third-order valence-electron chi connectivity index (χ3n) is 5.40. The number of β-lactam (4-membered cyclic amide) rings is 1. The summed E-state index contributed by atoms with van der Waals surface area (Å²) in [5, 5.41) is 18.4. The topological polar surface area (TPSA) is 206 Å². The van der Waals surface area contributed by atoms with Crippen molar-refractivity contribution in [2.45, 2.75) is 30.0 Å². The number of carboxylic acid groups (broad SMARTS) is 1. The quantitative estimate of drug-likeness (QED) is 0.0332. The van der Waals surface area contributed by atoms with Gasteiger partial charge < -0.3 is 11.5 Å². The van der Waals surface area contributed by atoms with E-state index in [9.17, 15) is 19.5 Å². The summed E-state index contributed by atoms with van der Waals surface area (Å²) in [6, 6.07) is 0.529. The van der Waals surface area contributed by atoms with E-state index < -0.39 is 29.2 Å². The first-order chi connectivity index (χ1) is 18.7. The summed E-state index contributed by atoms with van der Waals surface area (Å²) in [5.41, 5.74) is 11.9. The van der Waals surface area contributed by atoms with Crippen LogP contribution in [0.5, 0.6) is 0 Å². The van der Waals surface area contributed by atoms with Gasteiger partial charge in [-0.3, -0.25) is 0 Å². The Labute approximate surface area is 244 Å². The van der Waals surface area contributed by atoms with Gasteiger partial charge in [-0.15, -0.1) is 0 Å². The predicted octanol–water partition coefficient (Wildman–Crippen LogP) is -2.70. The summed E-state index contributed by atoms with van der Waals surface area (Å²) in [7, 11) is 0. The van der Waals surface area contributed by atoms with Crippen molar-refractivity contribution in [3.8, 4) is 0 Å². The number of carboxylic acids is 1. The Bertz CT molecular complexity index is 1400. The van der Waals surface area contributed by atoms with Crippen molar-refractivity contribution in [3.05, 3.63) is 35.8 Å². The number of aromatic nitrogens is 4. The Morgan fingerprint density at radius 1 is 1.46 bits per heavy atom. The summed E-state index contributed by atoms with van der Waals surface area (Å²) in [6.07, 6.45) is 1.65. The van der Waals surface area contributed by atoms with Crippen LogP contribution >= 0.6 is 35.1 Å². The molecule has 2 radical (unpaired) electrons. The molecule has 4 heterocycles. The summed E-state index contributed by atoms with van der Waals surface area (Å²) >= 11 is 5.81. The number of hydrogen-bond donors (Lipinski definition) is 3. The van der Waals surface area contributed by atoms with Gasteiger partial charge in [0.25, 0.3) is 0 Å². The van der Waals surface area contributed by atoms with E-state index in [2.05, 4.69) is 48.2 Å². The van der Waals surface area contributed by atoms with Crippen LogP contribution in [-0.4, -0.2) is 89.1 Å². The van der Waals surface area contributed by atoms with Crippen molar-refractivity contribution >= 4 is 90.8 Å². The third kappa shape index (κ3) is 6.05. The number of aliphatic carboxylic acids is 1. The van der Waals surface area contributed by atoms with Crippen molar-refractivity contribution in [3.63, 3.8) is 0 Å². The van der Waals surface area contributed by atoms with Crippen LogP contribution < -0.4 is 30.3 Å². The van der Waals surface area contributed by atoms with Crippen LogP contribution in [0.2, 0.25) is 0 Å². The first-order valence-corrected chi connectivity index (χ1v) is 15.0. The molecule has 4 rings (SSSR count). The van der Waals surface area contributed by atoms with Crippen molar-refractivity contribution in [2.24, 2.45) is 5.16 Å². The number of allylic oxidation sites excluding steroid dienone is 1. The summed E-state index contributed by atoms with van der Waals surface area (Å²) < 4.78 is 6.32. The second-order valence-electron chi connectivity index (χ2n) is 7.94. The SMILES string of the molecule is C=CC[n+]1c(N)cc(N)nc1SCC1=C(C(=O)[O-])N2C(=O)C(NC(=O)/C(=N\OCC)c3nsc([As])n3)[C@H]2SC1. The standard InChI is InChI=1S/C21H22AsN9O5S3/c1-3-5-30-11(24)6-10(23)25-21(30)38-8-9-7-37-18-13(17(33)31(18)14(9)19(34)35)26-16(32)12(28-36-4-2)15-27-20(22)39-29-15/h3,6,13,18H,1,4-5,7-8H2,2H3,(H5,23,24,26,32,34,35)/b28-12-/t13?,18-/m1/s1. The van der Waals surface area contributed by atoms with Crippen LogP contribution in [0, 0.1) is 0 Å². The Morgan fingerprint density at radius 3 is 2.87 bits per heavy atom. The number of carbonyl (C=O) groups is 3. The van der Waals surface area contributed by atoms with E-state index in [-0.39, 0.29) is 41.2 Å². The number of nitrogen functional groups attached to an aromatic ring is 2. The maximum atomic E-state index is 13.1. The van der Waals surface area contributed by atoms with E-state index in [4.69, 9.17) is 16.3 Å². The first kappa shape index (κ1) is 28.9.